The molecule has 10 nitrogen and oxygen atoms in total. The molecule has 30 heavy (non-hydrogen) atoms. The molecule has 0 fully saturated rings. The Balaban J connectivity index is 1.50. The van der Waals surface area contributed by atoms with Gasteiger partial charge in [-0.05, 0) is 60.8 Å². The van der Waals surface area contributed by atoms with Crippen molar-refractivity contribution >= 4 is 28.9 Å². The first-order valence-electron chi connectivity index (χ1n) is 9.09. The van der Waals surface area contributed by atoms with Crippen LogP contribution in [-0.4, -0.2) is 44.9 Å². The summed E-state index contributed by atoms with van der Waals surface area (Å²) >= 11 is 5.20. The number of para-hydroxylation sites is 2. The monoisotopic (exact) mass is 427 g/mol. The number of methoxy groups -OCH3 is 1. The van der Waals surface area contributed by atoms with Gasteiger partial charge in [-0.3, -0.25) is 15.6 Å². The lowest BCUT2D eigenvalue weighted by Crippen LogP contribution is -2.45. The van der Waals surface area contributed by atoms with Crippen LogP contribution < -0.4 is 25.6 Å². The summed E-state index contributed by atoms with van der Waals surface area (Å²) in [6.07, 6.45) is 0. The lowest BCUT2D eigenvalue weighted by atomic mass is 10.2. The standard InChI is InChI=1S/C19H21N7O3S/c1-3-29-16-7-5-4-6-15(16)20-19(30)23-21-17(27)12-26-24-18(22-25-26)13-8-10-14(28-2)11-9-13/h4-11H,3,12H2,1-2H3,(H,21,27)(H2,20,23,30). The first-order valence-corrected chi connectivity index (χ1v) is 9.49. The molecule has 3 aromatic rings. The Bertz CT molecular complexity index is 1010. The highest BCUT2D eigenvalue weighted by atomic mass is 32.1. The summed E-state index contributed by atoms with van der Waals surface area (Å²) in [4.78, 5) is 13.3. The smallest absolute Gasteiger partial charge is 0.262 e. The summed E-state index contributed by atoms with van der Waals surface area (Å²) in [5.74, 6) is 1.40. The number of tetrazole rings is 1. The summed E-state index contributed by atoms with van der Waals surface area (Å²) in [7, 11) is 1.59. The number of anilines is 1. The molecular weight excluding hydrogens is 406 g/mol. The number of hydrogen-bond donors (Lipinski definition) is 3. The van der Waals surface area contributed by atoms with Gasteiger partial charge in [0.2, 0.25) is 5.82 Å². The summed E-state index contributed by atoms with van der Waals surface area (Å²) in [5.41, 5.74) is 6.57. The minimum absolute atomic E-state index is 0.131. The first-order chi connectivity index (χ1) is 14.6. The fourth-order valence-electron chi connectivity index (χ4n) is 2.47. The quantitative estimate of drug-likeness (QED) is 0.383. The number of aromatic nitrogens is 4. The highest BCUT2D eigenvalue weighted by molar-refractivity contribution is 7.80. The Morgan fingerprint density at radius 3 is 2.63 bits per heavy atom. The molecule has 0 saturated heterocycles. The highest BCUT2D eigenvalue weighted by Gasteiger charge is 2.10. The molecule has 1 amide bonds. The number of carbonyl (C=O) groups is 1. The normalized spacial score (nSPS) is 10.2. The molecule has 3 N–H and O–H groups in total. The second-order valence-corrected chi connectivity index (χ2v) is 6.34. The second kappa shape index (κ2) is 10.2. The Hall–Kier alpha value is -3.73. The zero-order chi connectivity index (χ0) is 21.3. The number of amides is 1. The molecule has 0 aliphatic rings. The van der Waals surface area contributed by atoms with Gasteiger partial charge in [0.15, 0.2) is 5.11 Å². The summed E-state index contributed by atoms with van der Waals surface area (Å²) in [6.45, 7) is 2.29. The molecule has 3 rings (SSSR count). The zero-order valence-corrected chi connectivity index (χ0v) is 17.3. The average molecular weight is 427 g/mol. The maximum absolute atomic E-state index is 12.1. The van der Waals surface area contributed by atoms with E-state index in [1.807, 2.05) is 43.3 Å². The summed E-state index contributed by atoms with van der Waals surface area (Å²) < 4.78 is 10.6. The van der Waals surface area contributed by atoms with Gasteiger partial charge in [0.1, 0.15) is 18.0 Å². The van der Waals surface area contributed by atoms with Crippen molar-refractivity contribution < 1.29 is 14.3 Å². The van der Waals surface area contributed by atoms with Crippen LogP contribution in [0.15, 0.2) is 48.5 Å². The molecule has 1 heterocycles. The van der Waals surface area contributed by atoms with Crippen LogP contribution in [0, 0.1) is 0 Å². The molecule has 1 aromatic heterocycles. The largest absolute Gasteiger partial charge is 0.497 e. The van der Waals surface area contributed by atoms with Gasteiger partial charge in [0, 0.05) is 5.56 Å². The summed E-state index contributed by atoms with van der Waals surface area (Å²) in [5, 5.41) is 15.2. The van der Waals surface area contributed by atoms with Crippen molar-refractivity contribution in [2.24, 2.45) is 0 Å². The van der Waals surface area contributed by atoms with Crippen LogP contribution in [0.25, 0.3) is 11.4 Å². The van der Waals surface area contributed by atoms with Crippen LogP contribution in [0.1, 0.15) is 6.92 Å². The van der Waals surface area contributed by atoms with Crippen molar-refractivity contribution in [2.75, 3.05) is 19.0 Å². The van der Waals surface area contributed by atoms with Crippen molar-refractivity contribution in [3.63, 3.8) is 0 Å². The van der Waals surface area contributed by atoms with E-state index in [1.165, 1.54) is 4.80 Å². The van der Waals surface area contributed by atoms with Crippen LogP contribution in [-0.2, 0) is 11.3 Å². The third-order valence-corrected chi connectivity index (χ3v) is 4.04. The van der Waals surface area contributed by atoms with Crippen molar-refractivity contribution in [3.05, 3.63) is 48.5 Å². The maximum atomic E-state index is 12.1. The van der Waals surface area contributed by atoms with Gasteiger partial charge < -0.3 is 14.8 Å². The SMILES string of the molecule is CCOc1ccccc1NC(=S)NNC(=O)Cn1nnc(-c2ccc(OC)cc2)n1. The molecule has 156 valence electrons. The lowest BCUT2D eigenvalue weighted by molar-refractivity contribution is -0.122. The number of ether oxygens (including phenoxy) is 2. The molecule has 0 aliphatic heterocycles. The highest BCUT2D eigenvalue weighted by Crippen LogP contribution is 2.23. The van der Waals surface area contributed by atoms with E-state index in [0.29, 0.717) is 23.9 Å². The molecule has 0 spiro atoms. The van der Waals surface area contributed by atoms with Gasteiger partial charge in [-0.25, -0.2) is 0 Å². The summed E-state index contributed by atoms with van der Waals surface area (Å²) in [6, 6.07) is 14.6. The molecular formula is C19H21N7O3S. The number of nitrogens with one attached hydrogen (secondary N) is 3. The molecule has 0 saturated carbocycles. The van der Waals surface area contributed by atoms with Crippen molar-refractivity contribution in [1.29, 1.82) is 0 Å². The number of rotatable bonds is 7. The van der Waals surface area contributed by atoms with Crippen molar-refractivity contribution in [2.45, 2.75) is 13.5 Å². The van der Waals surface area contributed by atoms with E-state index in [1.54, 1.807) is 19.2 Å². The zero-order valence-electron chi connectivity index (χ0n) is 16.5. The number of benzene rings is 2. The van der Waals surface area contributed by atoms with Crippen molar-refractivity contribution in [3.8, 4) is 22.9 Å². The molecule has 11 heteroatoms. The van der Waals surface area contributed by atoms with Gasteiger partial charge in [-0.2, -0.15) is 4.80 Å². The number of nitrogens with zero attached hydrogens (tertiary/aromatic N) is 4. The van der Waals surface area contributed by atoms with Crippen LogP contribution in [0.2, 0.25) is 0 Å². The number of carbonyl (C=O) groups excluding carboxylic acids is 1. The maximum Gasteiger partial charge on any atom is 0.262 e. The van der Waals surface area contributed by atoms with E-state index in [2.05, 4.69) is 31.6 Å². The van der Waals surface area contributed by atoms with Crippen LogP contribution in [0.3, 0.4) is 0 Å². The van der Waals surface area contributed by atoms with Gasteiger partial charge in [0.25, 0.3) is 5.91 Å². The van der Waals surface area contributed by atoms with E-state index in [-0.39, 0.29) is 11.7 Å². The molecule has 0 atom stereocenters. The first kappa shape index (κ1) is 21.0. The average Bonchev–Trinajstić information content (AvgIpc) is 3.22. The number of thiocarbonyl (C=S) groups is 1. The third kappa shape index (κ3) is 5.64. The Labute approximate surface area is 178 Å². The molecule has 0 bridgehead atoms. The predicted molar refractivity (Wildman–Crippen MR) is 115 cm³/mol. The van der Waals surface area contributed by atoms with E-state index < -0.39 is 5.91 Å². The van der Waals surface area contributed by atoms with Crippen LogP contribution in [0.4, 0.5) is 5.69 Å². The second-order valence-electron chi connectivity index (χ2n) is 5.93. The van der Waals surface area contributed by atoms with Crippen LogP contribution >= 0.6 is 12.2 Å². The topological polar surface area (TPSA) is 115 Å². The third-order valence-electron chi connectivity index (χ3n) is 3.84. The molecule has 2 aromatic carbocycles. The molecule has 0 unspecified atom stereocenters. The Morgan fingerprint density at radius 2 is 1.90 bits per heavy atom. The molecule has 0 aliphatic carbocycles. The number of hydrazine groups is 1. The van der Waals surface area contributed by atoms with Gasteiger partial charge in [0.05, 0.1) is 19.4 Å². The van der Waals surface area contributed by atoms with E-state index >= 15 is 0 Å². The number of hydrogen-bond acceptors (Lipinski definition) is 7. The minimum atomic E-state index is -0.393. The lowest BCUT2D eigenvalue weighted by Gasteiger charge is -2.14. The minimum Gasteiger partial charge on any atom is -0.497 e. The Kier molecular flexibility index (Phi) is 7.11. The van der Waals surface area contributed by atoms with Crippen molar-refractivity contribution in [1.82, 2.24) is 31.1 Å². The Morgan fingerprint density at radius 1 is 1.13 bits per heavy atom. The van der Waals surface area contributed by atoms with E-state index in [4.69, 9.17) is 21.7 Å². The fraction of sp³-hybridized carbons (Fsp3) is 0.211. The van der Waals surface area contributed by atoms with Gasteiger partial charge in [-0.1, -0.05) is 12.1 Å². The van der Waals surface area contributed by atoms with Gasteiger partial charge in [-0.15, -0.1) is 10.2 Å². The van der Waals surface area contributed by atoms with Gasteiger partial charge >= 0.3 is 0 Å². The van der Waals surface area contributed by atoms with E-state index in [0.717, 1.165) is 11.3 Å². The van der Waals surface area contributed by atoms with Crippen LogP contribution in [0.5, 0.6) is 11.5 Å². The molecule has 0 radical (unpaired) electrons. The van der Waals surface area contributed by atoms with E-state index in [9.17, 15) is 4.79 Å². The predicted octanol–water partition coefficient (Wildman–Crippen LogP) is 1.77. The fourth-order valence-corrected chi connectivity index (χ4v) is 2.63.